The van der Waals surface area contributed by atoms with E-state index in [0.717, 1.165) is 42.5 Å². The van der Waals surface area contributed by atoms with Gasteiger partial charge in [0, 0.05) is 24.1 Å². The zero-order valence-corrected chi connectivity index (χ0v) is 10.7. The van der Waals surface area contributed by atoms with Crippen LogP contribution in [-0.2, 0) is 6.42 Å². The Kier molecular flexibility index (Phi) is 6.18. The molecule has 16 heavy (non-hydrogen) atoms. The molecule has 0 bridgehead atoms. The van der Waals surface area contributed by atoms with Crippen molar-refractivity contribution in [2.45, 2.75) is 31.8 Å². The second-order valence-electron chi connectivity index (χ2n) is 3.49. The van der Waals surface area contributed by atoms with Crippen LogP contribution >= 0.6 is 11.8 Å². The van der Waals surface area contributed by atoms with Crippen LogP contribution in [0, 0.1) is 0 Å². The minimum atomic E-state index is -0.0515. The summed E-state index contributed by atoms with van der Waals surface area (Å²) in [6.07, 6.45) is 1.88. The van der Waals surface area contributed by atoms with E-state index in [1.54, 1.807) is 17.8 Å². The number of thioether (sulfide) groups is 1. The van der Waals surface area contributed by atoms with Gasteiger partial charge in [-0.15, -0.1) is 0 Å². The lowest BCUT2D eigenvalue weighted by Crippen LogP contribution is -2.16. The summed E-state index contributed by atoms with van der Waals surface area (Å²) in [5, 5.41) is 3.96. The predicted octanol–water partition coefficient (Wildman–Crippen LogP) is 1.42. The van der Waals surface area contributed by atoms with Crippen LogP contribution in [0.1, 0.15) is 26.0 Å². The van der Waals surface area contributed by atoms with Gasteiger partial charge in [-0.1, -0.05) is 32.0 Å². The number of aromatic nitrogens is 2. The summed E-state index contributed by atoms with van der Waals surface area (Å²) >= 11 is 1.59. The molecule has 0 aromatic carbocycles. The van der Waals surface area contributed by atoms with Gasteiger partial charge in [-0.25, -0.2) is 4.98 Å². The zero-order valence-electron chi connectivity index (χ0n) is 9.88. The van der Waals surface area contributed by atoms with Crippen molar-refractivity contribution in [3.8, 4) is 0 Å². The van der Waals surface area contributed by atoms with Crippen LogP contribution in [0.5, 0.6) is 0 Å². The maximum absolute atomic E-state index is 11.4. The molecule has 1 rings (SSSR count). The van der Waals surface area contributed by atoms with Crippen molar-refractivity contribution >= 4 is 11.8 Å². The molecule has 0 aliphatic heterocycles. The molecule has 2 N–H and O–H groups in total. The number of nitrogens with one attached hydrogen (secondary N) is 2. The molecule has 4 nitrogen and oxygen atoms in total. The molecule has 1 aromatic rings. The van der Waals surface area contributed by atoms with Crippen molar-refractivity contribution in [2.24, 2.45) is 0 Å². The Hall–Kier alpha value is -0.810. The van der Waals surface area contributed by atoms with Crippen LogP contribution < -0.4 is 10.9 Å². The van der Waals surface area contributed by atoms with Gasteiger partial charge in [0.2, 0.25) is 0 Å². The molecular weight excluding hydrogens is 222 g/mol. The second-order valence-corrected chi connectivity index (χ2v) is 4.58. The molecule has 0 atom stereocenters. The molecule has 0 fully saturated rings. The highest BCUT2D eigenvalue weighted by Crippen LogP contribution is 2.10. The Morgan fingerprint density at radius 1 is 1.50 bits per heavy atom. The molecule has 1 heterocycles. The van der Waals surface area contributed by atoms with Crippen LogP contribution in [0.2, 0.25) is 0 Å². The van der Waals surface area contributed by atoms with Crippen molar-refractivity contribution < 1.29 is 0 Å². The van der Waals surface area contributed by atoms with Gasteiger partial charge >= 0.3 is 0 Å². The van der Waals surface area contributed by atoms with Gasteiger partial charge < -0.3 is 10.3 Å². The maximum Gasteiger partial charge on any atom is 0.251 e. The Morgan fingerprint density at radius 3 is 3.00 bits per heavy atom. The third-order valence-electron chi connectivity index (χ3n) is 2.05. The fraction of sp³-hybridized carbons (Fsp3) is 0.636. The van der Waals surface area contributed by atoms with Crippen molar-refractivity contribution in [3.63, 3.8) is 0 Å². The smallest absolute Gasteiger partial charge is 0.251 e. The number of aromatic amines is 1. The van der Waals surface area contributed by atoms with Crippen LogP contribution in [0.25, 0.3) is 0 Å². The Bertz CT molecular complexity index is 364. The number of rotatable bonds is 7. The topological polar surface area (TPSA) is 57.8 Å². The molecule has 1 aromatic heterocycles. The first-order valence-electron chi connectivity index (χ1n) is 5.70. The van der Waals surface area contributed by atoms with Crippen LogP contribution in [-0.4, -0.2) is 28.8 Å². The Balaban J connectivity index is 2.54. The maximum atomic E-state index is 11.4. The SMILES string of the molecule is CCCc1cc(=O)[nH]c(SCCNCC)n1. The van der Waals surface area contributed by atoms with E-state index in [0.29, 0.717) is 0 Å². The van der Waals surface area contributed by atoms with E-state index in [4.69, 9.17) is 0 Å². The van der Waals surface area contributed by atoms with Gasteiger partial charge in [-0.2, -0.15) is 0 Å². The van der Waals surface area contributed by atoms with E-state index in [1.165, 1.54) is 0 Å². The third-order valence-corrected chi connectivity index (χ3v) is 2.92. The molecule has 5 heteroatoms. The molecule has 0 aliphatic carbocycles. The number of aryl methyl sites for hydroxylation is 1. The van der Waals surface area contributed by atoms with Gasteiger partial charge in [0.25, 0.3) is 5.56 Å². The Labute approximate surface area is 100 Å². The van der Waals surface area contributed by atoms with Crippen molar-refractivity contribution in [1.82, 2.24) is 15.3 Å². The van der Waals surface area contributed by atoms with E-state index in [9.17, 15) is 4.79 Å². The second kappa shape index (κ2) is 7.46. The minimum Gasteiger partial charge on any atom is -0.316 e. The number of hydrogen-bond acceptors (Lipinski definition) is 4. The van der Waals surface area contributed by atoms with E-state index in [2.05, 4.69) is 29.1 Å². The van der Waals surface area contributed by atoms with Gasteiger partial charge in [0.1, 0.15) is 0 Å². The normalized spacial score (nSPS) is 10.6. The number of nitrogens with zero attached hydrogens (tertiary/aromatic N) is 1. The summed E-state index contributed by atoms with van der Waals surface area (Å²) in [5.41, 5.74) is 0.835. The number of H-pyrrole nitrogens is 1. The van der Waals surface area contributed by atoms with E-state index < -0.39 is 0 Å². The lowest BCUT2D eigenvalue weighted by Gasteiger charge is -2.03. The zero-order chi connectivity index (χ0) is 11.8. The molecule has 90 valence electrons. The highest BCUT2D eigenvalue weighted by molar-refractivity contribution is 7.99. The minimum absolute atomic E-state index is 0.0515. The first kappa shape index (κ1) is 13.3. The summed E-state index contributed by atoms with van der Waals surface area (Å²) in [4.78, 5) is 18.5. The molecule has 0 radical (unpaired) electrons. The van der Waals surface area contributed by atoms with Crippen molar-refractivity contribution in [1.29, 1.82) is 0 Å². The summed E-state index contributed by atoms with van der Waals surface area (Å²) in [7, 11) is 0. The molecule has 0 saturated heterocycles. The third kappa shape index (κ3) is 4.81. The quantitative estimate of drug-likeness (QED) is 0.431. The van der Waals surface area contributed by atoms with Gasteiger partial charge in [-0.3, -0.25) is 4.79 Å². The van der Waals surface area contributed by atoms with Gasteiger partial charge in [-0.05, 0) is 13.0 Å². The van der Waals surface area contributed by atoms with Crippen molar-refractivity contribution in [3.05, 3.63) is 22.1 Å². The highest BCUT2D eigenvalue weighted by Gasteiger charge is 2.01. The molecule has 0 saturated carbocycles. The number of hydrogen-bond donors (Lipinski definition) is 2. The standard InChI is InChI=1S/C11H19N3OS/c1-3-5-9-8-10(15)14-11(13-9)16-7-6-12-4-2/h8,12H,3-7H2,1-2H3,(H,13,14,15). The Morgan fingerprint density at radius 2 is 2.31 bits per heavy atom. The fourth-order valence-electron chi connectivity index (χ4n) is 1.33. The van der Waals surface area contributed by atoms with Crippen LogP contribution in [0.15, 0.2) is 16.0 Å². The monoisotopic (exact) mass is 241 g/mol. The summed E-state index contributed by atoms with van der Waals surface area (Å²) in [5.74, 6) is 0.923. The van der Waals surface area contributed by atoms with Crippen LogP contribution in [0.3, 0.4) is 0 Å². The van der Waals surface area contributed by atoms with E-state index >= 15 is 0 Å². The van der Waals surface area contributed by atoms with Gasteiger partial charge in [0.05, 0.1) is 0 Å². The molecule has 0 unspecified atom stereocenters. The highest BCUT2D eigenvalue weighted by atomic mass is 32.2. The summed E-state index contributed by atoms with van der Waals surface area (Å²) in [6, 6.07) is 1.58. The fourth-order valence-corrected chi connectivity index (χ4v) is 2.13. The van der Waals surface area contributed by atoms with E-state index in [1.807, 2.05) is 0 Å². The molecule has 0 amide bonds. The first-order chi connectivity index (χ1) is 7.76. The summed E-state index contributed by atoms with van der Waals surface area (Å²) < 4.78 is 0. The average Bonchev–Trinajstić information content (AvgIpc) is 2.24. The molecule has 0 spiro atoms. The largest absolute Gasteiger partial charge is 0.316 e. The lowest BCUT2D eigenvalue weighted by atomic mass is 10.2. The van der Waals surface area contributed by atoms with E-state index in [-0.39, 0.29) is 5.56 Å². The first-order valence-corrected chi connectivity index (χ1v) is 6.68. The predicted molar refractivity (Wildman–Crippen MR) is 68.1 cm³/mol. The molecule has 0 aliphatic rings. The van der Waals surface area contributed by atoms with Crippen LogP contribution in [0.4, 0.5) is 0 Å². The average molecular weight is 241 g/mol. The molecular formula is C11H19N3OS. The van der Waals surface area contributed by atoms with Crippen molar-refractivity contribution in [2.75, 3.05) is 18.8 Å². The lowest BCUT2D eigenvalue weighted by molar-refractivity contribution is 0.765. The summed E-state index contributed by atoms with van der Waals surface area (Å²) in [6.45, 7) is 6.07. The van der Waals surface area contributed by atoms with Gasteiger partial charge in [0.15, 0.2) is 5.16 Å².